The number of anilines is 1. The Bertz CT molecular complexity index is 727. The number of hydrogen-bond acceptors (Lipinski definition) is 2. The summed E-state index contributed by atoms with van der Waals surface area (Å²) in [5, 5.41) is 4.37. The number of fused-ring (bicyclic) bond motifs is 1. The van der Waals surface area contributed by atoms with E-state index in [0.717, 1.165) is 27.7 Å². The summed E-state index contributed by atoms with van der Waals surface area (Å²) in [6.45, 7) is 2.50. The SMILES string of the molecule is Cc1cc(F)cc(NCc2cccc3cccnc23)c1. The largest absolute Gasteiger partial charge is 0.381 e. The Kier molecular flexibility index (Phi) is 3.33. The molecule has 1 heterocycles. The van der Waals surface area contributed by atoms with Crippen LogP contribution in [0.3, 0.4) is 0 Å². The van der Waals surface area contributed by atoms with E-state index in [2.05, 4.69) is 10.3 Å². The second kappa shape index (κ2) is 5.29. The normalized spacial score (nSPS) is 10.7. The Morgan fingerprint density at radius 1 is 1.10 bits per heavy atom. The zero-order valence-electron chi connectivity index (χ0n) is 11.2. The van der Waals surface area contributed by atoms with Gasteiger partial charge in [-0.15, -0.1) is 0 Å². The van der Waals surface area contributed by atoms with Gasteiger partial charge in [-0.3, -0.25) is 4.98 Å². The quantitative estimate of drug-likeness (QED) is 0.764. The summed E-state index contributed by atoms with van der Waals surface area (Å²) in [5.41, 5.74) is 3.78. The van der Waals surface area contributed by atoms with E-state index in [4.69, 9.17) is 0 Å². The number of nitrogens with zero attached hydrogens (tertiary/aromatic N) is 1. The van der Waals surface area contributed by atoms with Gasteiger partial charge in [-0.05, 0) is 42.3 Å². The maximum atomic E-state index is 13.4. The summed E-state index contributed by atoms with van der Waals surface area (Å²) in [4.78, 5) is 4.41. The van der Waals surface area contributed by atoms with Gasteiger partial charge in [-0.25, -0.2) is 4.39 Å². The first kappa shape index (κ1) is 12.6. The Morgan fingerprint density at radius 2 is 1.95 bits per heavy atom. The minimum Gasteiger partial charge on any atom is -0.381 e. The van der Waals surface area contributed by atoms with Crippen LogP contribution >= 0.6 is 0 Å². The van der Waals surface area contributed by atoms with Crippen molar-refractivity contribution in [1.82, 2.24) is 4.98 Å². The third-order valence-corrected chi connectivity index (χ3v) is 3.24. The number of benzene rings is 2. The molecular formula is C17H15FN2. The molecule has 0 spiro atoms. The smallest absolute Gasteiger partial charge is 0.125 e. The molecule has 0 saturated heterocycles. The lowest BCUT2D eigenvalue weighted by molar-refractivity contribution is 0.627. The highest BCUT2D eigenvalue weighted by atomic mass is 19.1. The first-order valence-electron chi connectivity index (χ1n) is 6.56. The molecule has 100 valence electrons. The minimum absolute atomic E-state index is 0.219. The molecule has 0 aliphatic rings. The molecule has 0 aliphatic heterocycles. The summed E-state index contributed by atoms with van der Waals surface area (Å²) in [6.07, 6.45) is 1.79. The van der Waals surface area contributed by atoms with Crippen LogP contribution in [-0.2, 0) is 6.54 Å². The molecule has 1 aromatic heterocycles. The molecule has 0 atom stereocenters. The number of para-hydroxylation sites is 1. The molecule has 0 amide bonds. The average molecular weight is 266 g/mol. The standard InChI is InChI=1S/C17H15FN2/c1-12-8-15(18)10-16(9-12)20-11-14-5-2-4-13-6-3-7-19-17(13)14/h2-10,20H,11H2,1H3. The van der Waals surface area contributed by atoms with Gasteiger partial charge in [0, 0.05) is 23.8 Å². The van der Waals surface area contributed by atoms with E-state index in [1.807, 2.05) is 43.3 Å². The van der Waals surface area contributed by atoms with E-state index >= 15 is 0 Å². The molecular weight excluding hydrogens is 251 g/mol. The molecule has 3 heteroatoms. The lowest BCUT2D eigenvalue weighted by Crippen LogP contribution is -2.01. The predicted molar refractivity (Wildman–Crippen MR) is 80.2 cm³/mol. The fourth-order valence-electron chi connectivity index (χ4n) is 2.35. The molecule has 0 saturated carbocycles. The Balaban J connectivity index is 1.87. The van der Waals surface area contributed by atoms with Gasteiger partial charge in [0.2, 0.25) is 0 Å². The third-order valence-electron chi connectivity index (χ3n) is 3.24. The number of hydrogen-bond donors (Lipinski definition) is 1. The van der Waals surface area contributed by atoms with E-state index in [0.29, 0.717) is 6.54 Å². The number of halogens is 1. The van der Waals surface area contributed by atoms with Crippen LogP contribution in [0.1, 0.15) is 11.1 Å². The zero-order chi connectivity index (χ0) is 13.9. The number of pyridine rings is 1. The predicted octanol–water partition coefficient (Wildman–Crippen LogP) is 4.29. The summed E-state index contributed by atoms with van der Waals surface area (Å²) < 4.78 is 13.4. The highest BCUT2D eigenvalue weighted by Gasteiger charge is 2.02. The van der Waals surface area contributed by atoms with Crippen molar-refractivity contribution in [2.45, 2.75) is 13.5 Å². The van der Waals surface area contributed by atoms with Crippen molar-refractivity contribution in [1.29, 1.82) is 0 Å². The third kappa shape index (κ3) is 2.62. The molecule has 20 heavy (non-hydrogen) atoms. The van der Waals surface area contributed by atoms with E-state index in [1.165, 1.54) is 12.1 Å². The van der Waals surface area contributed by atoms with Crippen molar-refractivity contribution in [2.24, 2.45) is 0 Å². The Hall–Kier alpha value is -2.42. The van der Waals surface area contributed by atoms with Gasteiger partial charge >= 0.3 is 0 Å². The highest BCUT2D eigenvalue weighted by Crippen LogP contribution is 2.19. The number of nitrogens with one attached hydrogen (secondary N) is 1. The lowest BCUT2D eigenvalue weighted by atomic mass is 10.1. The molecule has 3 aromatic rings. The van der Waals surface area contributed by atoms with Crippen LogP contribution in [0, 0.1) is 12.7 Å². The maximum absolute atomic E-state index is 13.4. The van der Waals surface area contributed by atoms with Crippen LogP contribution < -0.4 is 5.32 Å². The summed E-state index contributed by atoms with van der Waals surface area (Å²) in [5.74, 6) is -0.219. The lowest BCUT2D eigenvalue weighted by Gasteiger charge is -2.09. The zero-order valence-corrected chi connectivity index (χ0v) is 11.2. The molecule has 2 aromatic carbocycles. The van der Waals surface area contributed by atoms with Gasteiger partial charge in [0.25, 0.3) is 0 Å². The van der Waals surface area contributed by atoms with Crippen molar-refractivity contribution in [3.05, 3.63) is 71.7 Å². The second-order valence-electron chi connectivity index (χ2n) is 4.86. The topological polar surface area (TPSA) is 24.9 Å². The van der Waals surface area contributed by atoms with E-state index in [-0.39, 0.29) is 5.82 Å². The van der Waals surface area contributed by atoms with Crippen molar-refractivity contribution in [3.8, 4) is 0 Å². The number of rotatable bonds is 3. The van der Waals surface area contributed by atoms with Gasteiger partial charge < -0.3 is 5.32 Å². The molecule has 3 rings (SSSR count). The van der Waals surface area contributed by atoms with Crippen molar-refractivity contribution in [3.63, 3.8) is 0 Å². The summed E-state index contributed by atoms with van der Waals surface area (Å²) in [7, 11) is 0. The van der Waals surface area contributed by atoms with Crippen LogP contribution in [0.4, 0.5) is 10.1 Å². The minimum atomic E-state index is -0.219. The van der Waals surface area contributed by atoms with Crippen LogP contribution in [-0.4, -0.2) is 4.98 Å². The fourth-order valence-corrected chi connectivity index (χ4v) is 2.35. The summed E-state index contributed by atoms with van der Waals surface area (Å²) in [6, 6.07) is 15.0. The summed E-state index contributed by atoms with van der Waals surface area (Å²) >= 11 is 0. The molecule has 1 N–H and O–H groups in total. The first-order valence-corrected chi connectivity index (χ1v) is 6.56. The maximum Gasteiger partial charge on any atom is 0.125 e. The van der Waals surface area contributed by atoms with Gasteiger partial charge in [-0.1, -0.05) is 24.3 Å². The fraction of sp³-hybridized carbons (Fsp3) is 0.118. The van der Waals surface area contributed by atoms with E-state index in [9.17, 15) is 4.39 Å². The molecule has 2 nitrogen and oxygen atoms in total. The van der Waals surface area contributed by atoms with E-state index < -0.39 is 0 Å². The average Bonchev–Trinajstić information content (AvgIpc) is 2.44. The molecule has 0 aliphatic carbocycles. The second-order valence-corrected chi connectivity index (χ2v) is 4.86. The van der Waals surface area contributed by atoms with Crippen LogP contribution in [0.5, 0.6) is 0 Å². The number of aromatic nitrogens is 1. The van der Waals surface area contributed by atoms with Crippen LogP contribution in [0.25, 0.3) is 10.9 Å². The monoisotopic (exact) mass is 266 g/mol. The van der Waals surface area contributed by atoms with Gasteiger partial charge in [-0.2, -0.15) is 0 Å². The number of aryl methyl sites for hydroxylation is 1. The van der Waals surface area contributed by atoms with Crippen molar-refractivity contribution in [2.75, 3.05) is 5.32 Å². The van der Waals surface area contributed by atoms with Gasteiger partial charge in [0.1, 0.15) is 5.82 Å². The van der Waals surface area contributed by atoms with Crippen LogP contribution in [0.15, 0.2) is 54.7 Å². The van der Waals surface area contributed by atoms with Crippen molar-refractivity contribution >= 4 is 16.6 Å². The Labute approximate surface area is 117 Å². The van der Waals surface area contributed by atoms with Crippen LogP contribution in [0.2, 0.25) is 0 Å². The van der Waals surface area contributed by atoms with Gasteiger partial charge in [0.15, 0.2) is 0 Å². The Morgan fingerprint density at radius 3 is 2.80 bits per heavy atom. The van der Waals surface area contributed by atoms with Crippen molar-refractivity contribution < 1.29 is 4.39 Å². The molecule has 0 bridgehead atoms. The van der Waals surface area contributed by atoms with E-state index in [1.54, 1.807) is 6.20 Å². The molecule has 0 fully saturated rings. The van der Waals surface area contributed by atoms with Gasteiger partial charge in [0.05, 0.1) is 5.52 Å². The molecule has 0 radical (unpaired) electrons. The first-order chi connectivity index (χ1) is 9.72. The molecule has 0 unspecified atom stereocenters. The highest BCUT2D eigenvalue weighted by molar-refractivity contribution is 5.81.